The molecule has 3 aromatic carbocycles. The van der Waals surface area contributed by atoms with Crippen molar-refractivity contribution in [1.82, 2.24) is 4.98 Å². The van der Waals surface area contributed by atoms with Crippen molar-refractivity contribution >= 4 is 50.0 Å². The molecule has 4 nitrogen and oxygen atoms in total. The summed E-state index contributed by atoms with van der Waals surface area (Å²) in [6.45, 7) is 2.16. The van der Waals surface area contributed by atoms with Gasteiger partial charge in [0.2, 0.25) is 5.13 Å². The lowest BCUT2D eigenvalue weighted by molar-refractivity contribution is 0.490. The van der Waals surface area contributed by atoms with Crippen molar-refractivity contribution in [2.24, 2.45) is 5.10 Å². The maximum Gasteiger partial charge on any atom is 0.204 e. The highest BCUT2D eigenvalue weighted by Crippen LogP contribution is 2.46. The summed E-state index contributed by atoms with van der Waals surface area (Å²) >= 11 is 3.26. The smallest absolute Gasteiger partial charge is 0.204 e. The van der Waals surface area contributed by atoms with E-state index in [1.54, 1.807) is 22.7 Å². The van der Waals surface area contributed by atoms with Crippen molar-refractivity contribution in [3.05, 3.63) is 117 Å². The van der Waals surface area contributed by atoms with Crippen LogP contribution in [0.1, 0.15) is 27.5 Å². The average molecular weight is 480 g/mol. The zero-order valence-electron chi connectivity index (χ0n) is 18.4. The first-order chi connectivity index (χ1) is 16.8. The third-order valence-electron chi connectivity index (χ3n) is 5.92. The number of nitrogens with one attached hydrogen (secondary N) is 1. The molecular weight excluding hydrogens is 458 g/mol. The highest BCUT2D eigenvalue weighted by Gasteiger charge is 2.32. The van der Waals surface area contributed by atoms with Gasteiger partial charge in [-0.05, 0) is 47.7 Å². The number of rotatable bonds is 5. The Hall–Kier alpha value is -3.74. The van der Waals surface area contributed by atoms with Gasteiger partial charge in [-0.15, -0.1) is 11.3 Å². The number of ether oxygens (including phenoxy) is 1. The number of benzene rings is 3. The number of allylic oxidation sites excluding steroid dienone is 1. The van der Waals surface area contributed by atoms with E-state index in [1.807, 2.05) is 42.6 Å². The molecule has 6 heteroatoms. The Labute approximate surface area is 205 Å². The topological polar surface area (TPSA) is 46.5 Å². The molecule has 0 spiro atoms. The van der Waals surface area contributed by atoms with Gasteiger partial charge >= 0.3 is 0 Å². The summed E-state index contributed by atoms with van der Waals surface area (Å²) in [5, 5.41) is 7.48. The third-order valence-corrected chi connectivity index (χ3v) is 7.73. The summed E-state index contributed by atoms with van der Waals surface area (Å²) in [5.74, 6) is 1.73. The zero-order valence-corrected chi connectivity index (χ0v) is 20.1. The van der Waals surface area contributed by atoms with E-state index >= 15 is 0 Å². The molecule has 6 rings (SSSR count). The number of hydrogen-bond acceptors (Lipinski definition) is 6. The molecule has 166 valence electrons. The molecule has 1 aliphatic rings. The van der Waals surface area contributed by atoms with E-state index in [9.17, 15) is 0 Å². The number of hydrogen-bond donors (Lipinski definition) is 1. The Kier molecular flexibility index (Phi) is 5.45. The molecule has 0 bridgehead atoms. The van der Waals surface area contributed by atoms with Gasteiger partial charge in [0, 0.05) is 17.1 Å². The van der Waals surface area contributed by atoms with Gasteiger partial charge in [0.1, 0.15) is 11.5 Å². The van der Waals surface area contributed by atoms with Gasteiger partial charge in [0.15, 0.2) is 0 Å². The summed E-state index contributed by atoms with van der Waals surface area (Å²) in [6.07, 6.45) is 1.90. The van der Waals surface area contributed by atoms with Crippen LogP contribution in [-0.2, 0) is 0 Å². The molecule has 2 aromatic heterocycles. The zero-order chi connectivity index (χ0) is 22.9. The fraction of sp³-hybridized carbons (Fsp3) is 0.0714. The first-order valence-electron chi connectivity index (χ1n) is 11.0. The molecular formula is C28H21N3OS2. The maximum atomic E-state index is 6.49. The predicted octanol–water partition coefficient (Wildman–Crippen LogP) is 7.70. The van der Waals surface area contributed by atoms with Crippen LogP contribution in [0.3, 0.4) is 0 Å². The Morgan fingerprint density at radius 2 is 1.71 bits per heavy atom. The van der Waals surface area contributed by atoms with Crippen LogP contribution in [0.5, 0.6) is 5.75 Å². The van der Waals surface area contributed by atoms with Gasteiger partial charge in [0.25, 0.3) is 0 Å². The summed E-state index contributed by atoms with van der Waals surface area (Å²) < 4.78 is 7.62. The summed E-state index contributed by atoms with van der Waals surface area (Å²) in [7, 11) is 0. The second-order valence-electron chi connectivity index (χ2n) is 8.05. The molecule has 1 N–H and O–H groups in total. The van der Waals surface area contributed by atoms with Crippen LogP contribution in [-0.4, -0.2) is 11.2 Å². The SMILES string of the molecule is Cc1ccccc1[C@H]1C(C=NNc2nc3ccccc3s2)=C(c2cccs2)Oc2ccccc21. The summed E-state index contributed by atoms with van der Waals surface area (Å²) in [6, 6.07) is 29.1. The van der Waals surface area contributed by atoms with Gasteiger partial charge < -0.3 is 4.74 Å². The number of aryl methyl sites for hydroxylation is 1. The Balaban J connectivity index is 1.47. The van der Waals surface area contributed by atoms with E-state index in [-0.39, 0.29) is 5.92 Å². The second kappa shape index (κ2) is 8.89. The van der Waals surface area contributed by atoms with Gasteiger partial charge in [-0.1, -0.05) is 72.0 Å². The highest BCUT2D eigenvalue weighted by atomic mass is 32.1. The lowest BCUT2D eigenvalue weighted by Crippen LogP contribution is -2.18. The van der Waals surface area contributed by atoms with Crippen LogP contribution in [0.15, 0.2) is 101 Å². The van der Waals surface area contributed by atoms with Crippen molar-refractivity contribution in [1.29, 1.82) is 0 Å². The van der Waals surface area contributed by atoms with E-state index in [1.165, 1.54) is 11.1 Å². The maximum absolute atomic E-state index is 6.49. The Bertz CT molecular complexity index is 1500. The molecule has 34 heavy (non-hydrogen) atoms. The minimum Gasteiger partial charge on any atom is -0.455 e. The number of thiophene rings is 1. The molecule has 0 unspecified atom stereocenters. The number of para-hydroxylation sites is 2. The summed E-state index contributed by atoms with van der Waals surface area (Å²) in [4.78, 5) is 5.72. The quantitative estimate of drug-likeness (QED) is 0.207. The van der Waals surface area contributed by atoms with E-state index in [4.69, 9.17) is 4.74 Å². The van der Waals surface area contributed by atoms with E-state index in [0.717, 1.165) is 42.9 Å². The molecule has 1 atom stereocenters. The largest absolute Gasteiger partial charge is 0.455 e. The van der Waals surface area contributed by atoms with Crippen molar-refractivity contribution in [3.63, 3.8) is 0 Å². The first kappa shape index (κ1) is 20.8. The Morgan fingerprint density at radius 1 is 0.912 bits per heavy atom. The van der Waals surface area contributed by atoms with Crippen molar-refractivity contribution in [3.8, 4) is 5.75 Å². The van der Waals surface area contributed by atoms with Gasteiger partial charge in [-0.25, -0.2) is 4.98 Å². The second-order valence-corrected chi connectivity index (χ2v) is 10.0. The lowest BCUT2D eigenvalue weighted by atomic mass is 9.80. The van der Waals surface area contributed by atoms with Crippen LogP contribution < -0.4 is 10.2 Å². The molecule has 0 radical (unpaired) electrons. The van der Waals surface area contributed by atoms with Gasteiger partial charge in [-0.2, -0.15) is 5.10 Å². The highest BCUT2D eigenvalue weighted by molar-refractivity contribution is 7.22. The fourth-order valence-electron chi connectivity index (χ4n) is 4.34. The molecule has 5 aromatic rings. The molecule has 1 aliphatic heterocycles. The van der Waals surface area contributed by atoms with Crippen LogP contribution in [0.2, 0.25) is 0 Å². The van der Waals surface area contributed by atoms with Gasteiger partial charge in [-0.3, -0.25) is 5.43 Å². The van der Waals surface area contributed by atoms with E-state index in [2.05, 4.69) is 76.3 Å². The molecule has 0 saturated carbocycles. The van der Waals surface area contributed by atoms with Crippen LogP contribution in [0.25, 0.3) is 16.0 Å². The predicted molar refractivity (Wildman–Crippen MR) is 143 cm³/mol. The average Bonchev–Trinajstić information content (AvgIpc) is 3.54. The normalized spacial score (nSPS) is 15.5. The number of nitrogens with zero attached hydrogens (tertiary/aromatic N) is 2. The minimum atomic E-state index is 0.00386. The molecule has 0 saturated heterocycles. The third kappa shape index (κ3) is 3.81. The van der Waals surface area contributed by atoms with E-state index in [0.29, 0.717) is 0 Å². The fourth-order valence-corrected chi connectivity index (χ4v) is 5.88. The molecule has 0 aliphatic carbocycles. The van der Waals surface area contributed by atoms with E-state index < -0.39 is 0 Å². The molecule has 3 heterocycles. The summed E-state index contributed by atoms with van der Waals surface area (Å²) in [5.41, 5.74) is 8.75. The van der Waals surface area contributed by atoms with Crippen LogP contribution in [0, 0.1) is 6.92 Å². The number of aromatic nitrogens is 1. The van der Waals surface area contributed by atoms with Crippen molar-refractivity contribution in [2.75, 3.05) is 5.43 Å². The van der Waals surface area contributed by atoms with Crippen LogP contribution in [0.4, 0.5) is 5.13 Å². The number of hydrazone groups is 1. The molecule has 0 fully saturated rings. The number of fused-ring (bicyclic) bond motifs is 2. The van der Waals surface area contributed by atoms with Crippen molar-refractivity contribution in [2.45, 2.75) is 12.8 Å². The monoisotopic (exact) mass is 479 g/mol. The lowest BCUT2D eigenvalue weighted by Gasteiger charge is -2.30. The van der Waals surface area contributed by atoms with Crippen molar-refractivity contribution < 1.29 is 4.74 Å². The standard InChI is InChI=1S/C28H21N3OS2/c1-18-9-2-3-10-19(18)26-20-11-4-6-13-23(20)32-27(25-15-8-16-33-25)21(26)17-29-31-28-30-22-12-5-7-14-24(22)34-28/h2-17,26H,1H3,(H,30,31)/t26-/m1/s1. The number of anilines is 1. The molecule has 0 amide bonds. The minimum absolute atomic E-state index is 0.00386. The van der Waals surface area contributed by atoms with Crippen LogP contribution >= 0.6 is 22.7 Å². The van der Waals surface area contributed by atoms with Gasteiger partial charge in [0.05, 0.1) is 21.3 Å². The Morgan fingerprint density at radius 3 is 2.53 bits per heavy atom. The number of thiazole rings is 1. The first-order valence-corrected chi connectivity index (χ1v) is 12.7.